The highest BCUT2D eigenvalue weighted by Crippen LogP contribution is 2.28. The average molecular weight is 476 g/mol. The van der Waals surface area contributed by atoms with Crippen LogP contribution in [0.5, 0.6) is 11.5 Å². The van der Waals surface area contributed by atoms with Crippen LogP contribution in [0, 0.1) is 5.82 Å². The number of halogens is 1. The van der Waals surface area contributed by atoms with Gasteiger partial charge in [-0.1, -0.05) is 18.2 Å². The van der Waals surface area contributed by atoms with Gasteiger partial charge in [-0.15, -0.1) is 0 Å². The number of methoxy groups -OCH3 is 2. The molecule has 0 aliphatic rings. The summed E-state index contributed by atoms with van der Waals surface area (Å²) in [6.45, 7) is -0.359. The van der Waals surface area contributed by atoms with Gasteiger partial charge in [-0.3, -0.25) is 14.4 Å². The molecular formula is C25H21FN4O5. The lowest BCUT2D eigenvalue weighted by molar-refractivity contribution is -0.115. The van der Waals surface area contributed by atoms with E-state index in [1.54, 1.807) is 42.5 Å². The van der Waals surface area contributed by atoms with Gasteiger partial charge in [0.15, 0.2) is 17.2 Å². The molecule has 4 aromatic rings. The summed E-state index contributed by atoms with van der Waals surface area (Å²) in [5.41, 5.74) is 0.278. The number of anilines is 1. The second kappa shape index (κ2) is 10.0. The molecule has 0 radical (unpaired) electrons. The Balaban J connectivity index is 1.65. The predicted octanol–water partition coefficient (Wildman–Crippen LogP) is 2.91. The monoisotopic (exact) mass is 476 g/mol. The van der Waals surface area contributed by atoms with Crippen molar-refractivity contribution in [1.29, 1.82) is 0 Å². The molecule has 0 bridgehead atoms. The number of hydrogen-bond donors (Lipinski definition) is 2. The number of aromatic nitrogens is 2. The third-order valence-electron chi connectivity index (χ3n) is 5.17. The summed E-state index contributed by atoms with van der Waals surface area (Å²) in [6.07, 6.45) is 0. The van der Waals surface area contributed by atoms with Crippen LogP contribution in [0.4, 0.5) is 10.1 Å². The molecule has 2 N–H and O–H groups in total. The SMILES string of the molecule is COc1ccc(-n2nc(C(=O)NCC(=O)Nc3ccc(F)cc3)c3ccccc3c2=O)cc1OC. The third-order valence-corrected chi connectivity index (χ3v) is 5.17. The fraction of sp³-hybridized carbons (Fsp3) is 0.120. The molecule has 1 heterocycles. The van der Waals surface area contributed by atoms with Gasteiger partial charge in [0.25, 0.3) is 11.5 Å². The van der Waals surface area contributed by atoms with Crippen molar-refractivity contribution in [3.63, 3.8) is 0 Å². The van der Waals surface area contributed by atoms with Crippen molar-refractivity contribution in [2.45, 2.75) is 0 Å². The molecule has 0 fully saturated rings. The van der Waals surface area contributed by atoms with Crippen LogP contribution in [0.15, 0.2) is 71.5 Å². The Morgan fingerprint density at radius 2 is 1.63 bits per heavy atom. The summed E-state index contributed by atoms with van der Waals surface area (Å²) in [4.78, 5) is 38.4. The lowest BCUT2D eigenvalue weighted by Gasteiger charge is -2.13. The molecule has 35 heavy (non-hydrogen) atoms. The zero-order valence-electron chi connectivity index (χ0n) is 18.9. The van der Waals surface area contributed by atoms with Crippen molar-refractivity contribution < 1.29 is 23.5 Å². The van der Waals surface area contributed by atoms with E-state index in [9.17, 15) is 18.8 Å². The maximum atomic E-state index is 13.2. The van der Waals surface area contributed by atoms with E-state index in [-0.39, 0.29) is 17.6 Å². The normalized spacial score (nSPS) is 10.6. The Kier molecular flexibility index (Phi) is 6.72. The number of benzene rings is 3. The smallest absolute Gasteiger partial charge is 0.279 e. The summed E-state index contributed by atoms with van der Waals surface area (Å²) in [6, 6.07) is 16.6. The van der Waals surface area contributed by atoms with Crippen LogP contribution in [0.25, 0.3) is 16.5 Å². The van der Waals surface area contributed by atoms with Crippen molar-refractivity contribution in [3.05, 3.63) is 88.6 Å². The second-order valence-corrected chi connectivity index (χ2v) is 7.39. The van der Waals surface area contributed by atoms with Gasteiger partial charge in [-0.25, -0.2) is 4.39 Å². The Bertz CT molecular complexity index is 1470. The predicted molar refractivity (Wildman–Crippen MR) is 128 cm³/mol. The number of amides is 2. The molecule has 0 saturated heterocycles. The summed E-state index contributed by atoms with van der Waals surface area (Å²) in [5, 5.41) is 9.99. The molecule has 178 valence electrons. The summed E-state index contributed by atoms with van der Waals surface area (Å²) in [5.74, 6) is -0.739. The van der Waals surface area contributed by atoms with Gasteiger partial charge in [-0.05, 0) is 42.5 Å². The van der Waals surface area contributed by atoms with Crippen LogP contribution in [0.3, 0.4) is 0 Å². The molecule has 0 unspecified atom stereocenters. The van der Waals surface area contributed by atoms with Crippen LogP contribution in [-0.2, 0) is 4.79 Å². The van der Waals surface area contributed by atoms with Crippen LogP contribution < -0.4 is 25.7 Å². The molecule has 9 nitrogen and oxygen atoms in total. The molecule has 1 aromatic heterocycles. The number of ether oxygens (including phenoxy) is 2. The average Bonchev–Trinajstić information content (AvgIpc) is 2.88. The zero-order valence-corrected chi connectivity index (χ0v) is 18.9. The van der Waals surface area contributed by atoms with Crippen molar-refractivity contribution >= 4 is 28.3 Å². The van der Waals surface area contributed by atoms with Gasteiger partial charge in [-0.2, -0.15) is 9.78 Å². The lowest BCUT2D eigenvalue weighted by Crippen LogP contribution is -2.35. The molecular weight excluding hydrogens is 455 g/mol. The first-order valence-electron chi connectivity index (χ1n) is 10.5. The first kappa shape index (κ1) is 23.4. The highest BCUT2D eigenvalue weighted by molar-refractivity contribution is 6.06. The molecule has 10 heteroatoms. The number of rotatable bonds is 7. The Morgan fingerprint density at radius 3 is 2.31 bits per heavy atom. The lowest BCUT2D eigenvalue weighted by atomic mass is 10.1. The number of carbonyl (C=O) groups is 2. The van der Waals surface area contributed by atoms with Crippen LogP contribution in [0.1, 0.15) is 10.5 Å². The largest absolute Gasteiger partial charge is 0.493 e. The molecule has 0 atom stereocenters. The van der Waals surface area contributed by atoms with Gasteiger partial charge in [0.2, 0.25) is 5.91 Å². The second-order valence-electron chi connectivity index (χ2n) is 7.39. The first-order chi connectivity index (χ1) is 16.9. The fourth-order valence-electron chi connectivity index (χ4n) is 3.47. The molecule has 2 amide bonds. The van der Waals surface area contributed by atoms with E-state index in [1.165, 1.54) is 38.5 Å². The quantitative estimate of drug-likeness (QED) is 0.424. The number of carbonyl (C=O) groups excluding carboxylic acids is 2. The maximum absolute atomic E-state index is 13.2. The standard InChI is InChI=1S/C25H21FN4O5/c1-34-20-12-11-17(13-21(20)35-2)30-25(33)19-6-4-3-5-18(19)23(29-30)24(32)27-14-22(31)28-16-9-7-15(26)8-10-16/h3-13H,14H2,1-2H3,(H,27,32)(H,28,31). The van der Waals surface area contributed by atoms with Gasteiger partial charge in [0.1, 0.15) is 5.82 Å². The molecule has 4 rings (SSSR count). The molecule has 3 aromatic carbocycles. The van der Waals surface area contributed by atoms with Crippen molar-refractivity contribution in [3.8, 4) is 17.2 Å². The van der Waals surface area contributed by atoms with Gasteiger partial charge < -0.3 is 20.1 Å². The van der Waals surface area contributed by atoms with E-state index in [1.807, 2.05) is 0 Å². The van der Waals surface area contributed by atoms with E-state index in [0.29, 0.717) is 28.3 Å². The number of nitrogens with one attached hydrogen (secondary N) is 2. The van der Waals surface area contributed by atoms with Crippen molar-refractivity contribution in [2.75, 3.05) is 26.1 Å². The minimum Gasteiger partial charge on any atom is -0.493 e. The van der Waals surface area contributed by atoms with Crippen molar-refractivity contribution in [2.24, 2.45) is 0 Å². The number of nitrogens with zero attached hydrogens (tertiary/aromatic N) is 2. The van der Waals surface area contributed by atoms with Crippen LogP contribution >= 0.6 is 0 Å². The summed E-state index contributed by atoms with van der Waals surface area (Å²) in [7, 11) is 2.96. The van der Waals surface area contributed by atoms with E-state index in [2.05, 4.69) is 15.7 Å². The zero-order chi connectivity index (χ0) is 24.9. The first-order valence-corrected chi connectivity index (χ1v) is 10.5. The molecule has 0 aliphatic carbocycles. The van der Waals surface area contributed by atoms with E-state index in [4.69, 9.17) is 9.47 Å². The third kappa shape index (κ3) is 4.96. The maximum Gasteiger partial charge on any atom is 0.279 e. The van der Waals surface area contributed by atoms with Gasteiger partial charge >= 0.3 is 0 Å². The summed E-state index contributed by atoms with van der Waals surface area (Å²) >= 11 is 0. The number of fused-ring (bicyclic) bond motifs is 1. The van der Waals surface area contributed by atoms with Crippen molar-refractivity contribution in [1.82, 2.24) is 15.1 Å². The molecule has 0 aliphatic heterocycles. The van der Waals surface area contributed by atoms with Gasteiger partial charge in [0.05, 0.1) is 31.8 Å². The molecule has 0 spiro atoms. The highest BCUT2D eigenvalue weighted by Gasteiger charge is 2.19. The Morgan fingerprint density at radius 1 is 0.943 bits per heavy atom. The minimum absolute atomic E-state index is 0.0374. The van der Waals surface area contributed by atoms with E-state index < -0.39 is 23.2 Å². The van der Waals surface area contributed by atoms with E-state index >= 15 is 0 Å². The summed E-state index contributed by atoms with van der Waals surface area (Å²) < 4.78 is 24.7. The van der Waals surface area contributed by atoms with Gasteiger partial charge in [0, 0.05) is 17.1 Å². The Labute approximate surface area is 199 Å². The fourth-order valence-corrected chi connectivity index (χ4v) is 3.47. The number of hydrogen-bond acceptors (Lipinski definition) is 6. The van der Waals surface area contributed by atoms with Crippen LogP contribution in [0.2, 0.25) is 0 Å². The molecule has 0 saturated carbocycles. The topological polar surface area (TPSA) is 112 Å². The Hall–Kier alpha value is -4.73. The van der Waals surface area contributed by atoms with Crippen LogP contribution in [-0.4, -0.2) is 42.4 Å². The minimum atomic E-state index is -0.648. The van der Waals surface area contributed by atoms with E-state index in [0.717, 1.165) is 4.68 Å². The highest BCUT2D eigenvalue weighted by atomic mass is 19.1.